The summed E-state index contributed by atoms with van der Waals surface area (Å²) in [4.78, 5) is 1.85. The van der Waals surface area contributed by atoms with E-state index in [2.05, 4.69) is 0 Å². The number of aliphatic hydroxyl groups is 1. The van der Waals surface area contributed by atoms with Gasteiger partial charge in [-0.1, -0.05) is 6.07 Å². The Balaban J connectivity index is 2.20. The average Bonchev–Trinajstić information content (AvgIpc) is 2.25. The van der Waals surface area contributed by atoms with Crippen LogP contribution in [-0.2, 0) is 10.0 Å². The number of nitrogen functional groups attached to an aromatic ring is 1. The third kappa shape index (κ3) is 2.99. The number of nitrogens with two attached hydrogens (primary N) is 2. The van der Waals surface area contributed by atoms with Crippen molar-refractivity contribution in [3.8, 4) is 0 Å². The van der Waals surface area contributed by atoms with Gasteiger partial charge in [-0.2, -0.15) is 0 Å². The van der Waals surface area contributed by atoms with Crippen molar-refractivity contribution in [2.45, 2.75) is 23.8 Å². The highest BCUT2D eigenvalue weighted by Crippen LogP contribution is 2.32. The molecule has 5 N–H and O–H groups in total. The van der Waals surface area contributed by atoms with E-state index in [4.69, 9.17) is 10.9 Å². The number of benzene rings is 1. The maximum atomic E-state index is 11.4. The third-order valence-corrected chi connectivity index (χ3v) is 4.47. The molecule has 1 saturated carbocycles. The maximum absolute atomic E-state index is 11.4. The van der Waals surface area contributed by atoms with E-state index in [1.807, 2.05) is 11.9 Å². The van der Waals surface area contributed by atoms with Gasteiger partial charge >= 0.3 is 0 Å². The summed E-state index contributed by atoms with van der Waals surface area (Å²) in [7, 11) is -1.96. The van der Waals surface area contributed by atoms with Crippen molar-refractivity contribution < 1.29 is 13.5 Å². The predicted octanol–water partition coefficient (Wildman–Crippen LogP) is 0.123. The largest absolute Gasteiger partial charge is 0.396 e. The highest BCUT2D eigenvalue weighted by Gasteiger charge is 2.28. The molecule has 106 valence electrons. The second-order valence-corrected chi connectivity index (χ2v) is 6.64. The van der Waals surface area contributed by atoms with Crippen LogP contribution in [0.1, 0.15) is 12.8 Å². The summed E-state index contributed by atoms with van der Waals surface area (Å²) in [5, 5.41) is 14.4. The summed E-state index contributed by atoms with van der Waals surface area (Å²) in [6.07, 6.45) is 1.35. The molecule has 19 heavy (non-hydrogen) atoms. The van der Waals surface area contributed by atoms with Crippen LogP contribution < -0.4 is 15.8 Å². The van der Waals surface area contributed by atoms with E-state index in [0.29, 0.717) is 11.6 Å². The van der Waals surface area contributed by atoms with Gasteiger partial charge in [-0.05, 0) is 30.9 Å². The molecule has 0 amide bonds. The normalized spacial score (nSPS) is 22.9. The molecule has 7 heteroatoms. The zero-order valence-corrected chi connectivity index (χ0v) is 11.6. The summed E-state index contributed by atoms with van der Waals surface area (Å²) in [5.74, 6) is 0.414. The van der Waals surface area contributed by atoms with Crippen molar-refractivity contribution in [3.05, 3.63) is 18.2 Å². The van der Waals surface area contributed by atoms with E-state index in [0.717, 1.165) is 19.4 Å². The molecular weight excluding hydrogens is 266 g/mol. The van der Waals surface area contributed by atoms with Gasteiger partial charge in [0.05, 0.1) is 17.5 Å². The first kappa shape index (κ1) is 14.1. The SMILES string of the molecule is CN(CC1CC(O)C1)c1cccc(S(N)(=O)=O)c1N. The Labute approximate surface area is 113 Å². The lowest BCUT2D eigenvalue weighted by atomic mass is 9.82. The summed E-state index contributed by atoms with van der Waals surface area (Å²) < 4.78 is 22.8. The first-order chi connectivity index (χ1) is 8.79. The fraction of sp³-hybridized carbons (Fsp3) is 0.500. The fourth-order valence-electron chi connectivity index (χ4n) is 2.45. The molecule has 0 aliphatic heterocycles. The van der Waals surface area contributed by atoms with Crippen LogP contribution in [0.3, 0.4) is 0 Å². The second-order valence-electron chi connectivity index (χ2n) is 5.11. The van der Waals surface area contributed by atoms with Gasteiger partial charge in [0.15, 0.2) is 0 Å². The number of hydrogen-bond acceptors (Lipinski definition) is 5. The van der Waals surface area contributed by atoms with Gasteiger partial charge in [-0.3, -0.25) is 0 Å². The summed E-state index contributed by atoms with van der Waals surface area (Å²) in [6.45, 7) is 0.731. The van der Waals surface area contributed by atoms with Crippen molar-refractivity contribution >= 4 is 21.4 Å². The van der Waals surface area contributed by atoms with Gasteiger partial charge in [0.2, 0.25) is 10.0 Å². The Morgan fingerprint density at radius 2 is 2.05 bits per heavy atom. The summed E-state index contributed by atoms with van der Waals surface area (Å²) in [6, 6.07) is 4.78. The van der Waals surface area contributed by atoms with E-state index in [-0.39, 0.29) is 16.7 Å². The van der Waals surface area contributed by atoms with Crippen LogP contribution in [0.25, 0.3) is 0 Å². The van der Waals surface area contributed by atoms with Crippen molar-refractivity contribution in [2.24, 2.45) is 11.1 Å². The van der Waals surface area contributed by atoms with Crippen molar-refractivity contribution in [1.29, 1.82) is 0 Å². The van der Waals surface area contributed by atoms with Gasteiger partial charge in [-0.25, -0.2) is 13.6 Å². The quantitative estimate of drug-likeness (QED) is 0.681. The predicted molar refractivity (Wildman–Crippen MR) is 74.2 cm³/mol. The minimum Gasteiger partial charge on any atom is -0.396 e. The topological polar surface area (TPSA) is 110 Å². The Hall–Kier alpha value is -1.31. The molecule has 0 saturated heterocycles. The lowest BCUT2D eigenvalue weighted by molar-refractivity contribution is 0.0465. The first-order valence-corrected chi connectivity index (χ1v) is 7.64. The number of anilines is 2. The van der Waals surface area contributed by atoms with Crippen LogP contribution in [0.5, 0.6) is 0 Å². The van der Waals surface area contributed by atoms with Crippen LogP contribution in [0.2, 0.25) is 0 Å². The van der Waals surface area contributed by atoms with Gasteiger partial charge in [0.1, 0.15) is 4.90 Å². The molecule has 0 spiro atoms. The Bertz CT molecular complexity index is 568. The van der Waals surface area contributed by atoms with E-state index in [1.165, 1.54) is 6.07 Å². The molecule has 2 rings (SSSR count). The smallest absolute Gasteiger partial charge is 0.240 e. The average molecular weight is 285 g/mol. The molecule has 0 aromatic heterocycles. The monoisotopic (exact) mass is 285 g/mol. The van der Waals surface area contributed by atoms with Crippen molar-refractivity contribution in [2.75, 3.05) is 24.2 Å². The lowest BCUT2D eigenvalue weighted by Gasteiger charge is -2.35. The molecule has 0 radical (unpaired) electrons. The van der Waals surface area contributed by atoms with Crippen molar-refractivity contribution in [3.63, 3.8) is 0 Å². The zero-order valence-electron chi connectivity index (χ0n) is 10.8. The molecule has 1 fully saturated rings. The molecule has 1 aromatic rings. The van der Waals surface area contributed by atoms with E-state index >= 15 is 0 Å². The Morgan fingerprint density at radius 3 is 2.58 bits per heavy atom. The first-order valence-electron chi connectivity index (χ1n) is 6.09. The third-order valence-electron chi connectivity index (χ3n) is 3.50. The highest BCUT2D eigenvalue weighted by molar-refractivity contribution is 7.89. The zero-order chi connectivity index (χ0) is 14.2. The number of sulfonamides is 1. The Kier molecular flexibility index (Phi) is 3.71. The second kappa shape index (κ2) is 4.99. The fourth-order valence-corrected chi connectivity index (χ4v) is 3.13. The molecule has 1 aliphatic rings. The summed E-state index contributed by atoms with van der Waals surface area (Å²) >= 11 is 0. The lowest BCUT2D eigenvalue weighted by Crippen LogP contribution is -2.37. The van der Waals surface area contributed by atoms with Crippen molar-refractivity contribution in [1.82, 2.24) is 0 Å². The van der Waals surface area contributed by atoms with Gasteiger partial charge in [0, 0.05) is 13.6 Å². The number of nitrogens with zero attached hydrogens (tertiary/aromatic N) is 1. The number of primary sulfonamides is 1. The van der Waals surface area contributed by atoms with Gasteiger partial charge < -0.3 is 15.7 Å². The minimum atomic E-state index is -3.81. The Morgan fingerprint density at radius 1 is 1.42 bits per heavy atom. The number of aliphatic hydroxyl groups excluding tert-OH is 1. The number of para-hydroxylation sites is 1. The standard InChI is InChI=1S/C12H19N3O3S/c1-15(7-8-5-9(16)6-8)10-3-2-4-11(12(10)13)19(14,17)18/h2-4,8-9,16H,5-7,13H2,1H3,(H2,14,17,18). The highest BCUT2D eigenvalue weighted by atomic mass is 32.2. The van der Waals surface area contributed by atoms with E-state index < -0.39 is 10.0 Å². The maximum Gasteiger partial charge on any atom is 0.240 e. The molecule has 0 unspecified atom stereocenters. The number of hydrogen-bond donors (Lipinski definition) is 3. The van der Waals surface area contributed by atoms with E-state index in [9.17, 15) is 13.5 Å². The van der Waals surface area contributed by atoms with Crippen LogP contribution in [0, 0.1) is 5.92 Å². The van der Waals surface area contributed by atoms with Crippen LogP contribution in [-0.4, -0.2) is 33.2 Å². The molecule has 6 nitrogen and oxygen atoms in total. The number of rotatable bonds is 4. The molecule has 1 aliphatic carbocycles. The van der Waals surface area contributed by atoms with Crippen LogP contribution in [0.15, 0.2) is 23.1 Å². The van der Waals surface area contributed by atoms with Crippen LogP contribution in [0.4, 0.5) is 11.4 Å². The molecule has 1 aromatic carbocycles. The molecule has 0 bridgehead atoms. The van der Waals surface area contributed by atoms with Gasteiger partial charge in [-0.15, -0.1) is 0 Å². The molecule has 0 atom stereocenters. The summed E-state index contributed by atoms with van der Waals surface area (Å²) in [5.41, 5.74) is 6.70. The minimum absolute atomic E-state index is 0.0505. The molecular formula is C12H19N3O3S. The van der Waals surface area contributed by atoms with E-state index in [1.54, 1.807) is 12.1 Å². The molecule has 0 heterocycles. The van der Waals surface area contributed by atoms with Gasteiger partial charge in [0.25, 0.3) is 0 Å². The van der Waals surface area contributed by atoms with Crippen LogP contribution >= 0.6 is 0 Å².